The number of halogens is 1. The number of nitrogens with zero attached hydrogens (tertiary/aromatic N) is 2. The van der Waals surface area contributed by atoms with E-state index in [9.17, 15) is 8.42 Å². The van der Waals surface area contributed by atoms with Crippen molar-refractivity contribution in [3.63, 3.8) is 0 Å². The van der Waals surface area contributed by atoms with Gasteiger partial charge in [-0.25, -0.2) is 13.1 Å². The highest BCUT2D eigenvalue weighted by Gasteiger charge is 2.17. The van der Waals surface area contributed by atoms with Gasteiger partial charge in [-0.3, -0.25) is 4.98 Å². The van der Waals surface area contributed by atoms with Gasteiger partial charge >= 0.3 is 0 Å². The second-order valence-corrected chi connectivity index (χ2v) is 5.88. The first-order valence-corrected chi connectivity index (χ1v) is 7.06. The fraction of sp³-hybridized carbons (Fsp3) is 0.182. The third-order valence-electron chi connectivity index (χ3n) is 2.52. The number of rotatable bonds is 4. The van der Waals surface area contributed by atoms with Crippen molar-refractivity contribution in [3.8, 4) is 0 Å². The highest BCUT2D eigenvalue weighted by Crippen LogP contribution is 2.19. The Morgan fingerprint density at radius 1 is 1.44 bits per heavy atom. The zero-order valence-corrected chi connectivity index (χ0v) is 11.2. The van der Waals surface area contributed by atoms with Crippen molar-refractivity contribution in [2.45, 2.75) is 11.4 Å². The van der Waals surface area contributed by atoms with Gasteiger partial charge in [-0.2, -0.15) is 0 Å². The normalized spacial score (nSPS) is 11.7. The van der Waals surface area contributed by atoms with Gasteiger partial charge in [-0.05, 0) is 18.2 Å². The Kier molecular flexibility index (Phi) is 3.70. The SMILES string of the molecule is Cn1cccc1CNS(=O)(=O)c1cnccc1Cl. The molecule has 0 spiro atoms. The summed E-state index contributed by atoms with van der Waals surface area (Å²) in [6.07, 6.45) is 4.52. The minimum atomic E-state index is -3.64. The van der Waals surface area contributed by atoms with E-state index in [4.69, 9.17) is 11.6 Å². The van der Waals surface area contributed by atoms with Crippen molar-refractivity contribution in [2.75, 3.05) is 0 Å². The lowest BCUT2D eigenvalue weighted by Gasteiger charge is -2.08. The Bertz CT molecular complexity index is 652. The molecule has 2 aromatic heterocycles. The van der Waals surface area contributed by atoms with Crippen molar-refractivity contribution in [1.82, 2.24) is 14.3 Å². The molecule has 0 radical (unpaired) electrons. The number of nitrogens with one attached hydrogen (secondary N) is 1. The molecule has 0 fully saturated rings. The van der Waals surface area contributed by atoms with Gasteiger partial charge in [-0.15, -0.1) is 0 Å². The van der Waals surface area contributed by atoms with Crippen LogP contribution in [0.3, 0.4) is 0 Å². The van der Waals surface area contributed by atoms with Crippen LogP contribution in [0.15, 0.2) is 41.7 Å². The van der Waals surface area contributed by atoms with Crippen LogP contribution >= 0.6 is 11.6 Å². The third kappa shape index (κ3) is 2.72. The summed E-state index contributed by atoms with van der Waals surface area (Å²) in [4.78, 5) is 3.75. The first-order valence-electron chi connectivity index (χ1n) is 5.20. The van der Waals surface area contributed by atoms with E-state index in [0.29, 0.717) is 0 Å². The monoisotopic (exact) mass is 285 g/mol. The molecule has 2 heterocycles. The maximum absolute atomic E-state index is 12.0. The number of hydrogen-bond acceptors (Lipinski definition) is 3. The maximum atomic E-state index is 12.0. The van der Waals surface area contributed by atoms with Crippen molar-refractivity contribution >= 4 is 21.6 Å². The first-order chi connectivity index (χ1) is 8.50. The molecule has 0 saturated heterocycles. The average molecular weight is 286 g/mol. The summed E-state index contributed by atoms with van der Waals surface area (Å²) in [5, 5.41) is 0.157. The van der Waals surface area contributed by atoms with E-state index in [2.05, 4.69) is 9.71 Å². The highest BCUT2D eigenvalue weighted by atomic mass is 35.5. The second-order valence-electron chi connectivity index (χ2n) is 3.74. The summed E-state index contributed by atoms with van der Waals surface area (Å²) in [6, 6.07) is 5.13. The topological polar surface area (TPSA) is 64.0 Å². The van der Waals surface area contributed by atoms with Crippen molar-refractivity contribution in [3.05, 3.63) is 47.5 Å². The number of hydrogen-bond donors (Lipinski definition) is 1. The largest absolute Gasteiger partial charge is 0.353 e. The van der Waals surface area contributed by atoms with E-state index in [1.807, 2.05) is 29.9 Å². The number of aryl methyl sites for hydroxylation is 1. The molecule has 2 aromatic rings. The van der Waals surface area contributed by atoms with Crippen LogP contribution in [0.4, 0.5) is 0 Å². The molecule has 0 aliphatic heterocycles. The smallest absolute Gasteiger partial charge is 0.243 e. The molecule has 0 aromatic carbocycles. The van der Waals surface area contributed by atoms with Crippen LogP contribution in [0.1, 0.15) is 5.69 Å². The maximum Gasteiger partial charge on any atom is 0.243 e. The fourth-order valence-electron chi connectivity index (χ4n) is 1.49. The van der Waals surface area contributed by atoms with Crippen molar-refractivity contribution in [2.24, 2.45) is 7.05 Å². The molecule has 0 unspecified atom stereocenters. The van der Waals surface area contributed by atoms with Gasteiger partial charge in [-0.1, -0.05) is 11.6 Å². The predicted molar refractivity (Wildman–Crippen MR) is 68.7 cm³/mol. The van der Waals surface area contributed by atoms with Crippen molar-refractivity contribution in [1.29, 1.82) is 0 Å². The lowest BCUT2D eigenvalue weighted by molar-refractivity contribution is 0.578. The molecule has 2 rings (SSSR count). The molecule has 0 bridgehead atoms. The van der Waals surface area contributed by atoms with E-state index in [1.54, 1.807) is 0 Å². The van der Waals surface area contributed by atoms with Crippen LogP contribution in [-0.4, -0.2) is 18.0 Å². The minimum Gasteiger partial charge on any atom is -0.353 e. The van der Waals surface area contributed by atoms with Crippen LogP contribution in [0.5, 0.6) is 0 Å². The fourth-order valence-corrected chi connectivity index (χ4v) is 2.92. The molecule has 0 aliphatic rings. The van der Waals surface area contributed by atoms with Crippen LogP contribution in [-0.2, 0) is 23.6 Å². The lowest BCUT2D eigenvalue weighted by Crippen LogP contribution is -2.24. The third-order valence-corrected chi connectivity index (χ3v) is 4.39. The van der Waals surface area contributed by atoms with Gasteiger partial charge in [0.2, 0.25) is 10.0 Å². The van der Waals surface area contributed by atoms with E-state index in [1.165, 1.54) is 18.5 Å². The highest BCUT2D eigenvalue weighted by molar-refractivity contribution is 7.89. The quantitative estimate of drug-likeness (QED) is 0.927. The summed E-state index contributed by atoms with van der Waals surface area (Å²) >= 11 is 5.84. The second kappa shape index (κ2) is 5.09. The summed E-state index contributed by atoms with van der Waals surface area (Å²) in [5.74, 6) is 0. The van der Waals surface area contributed by atoms with E-state index in [-0.39, 0.29) is 16.5 Å². The molecular formula is C11H12ClN3O2S. The molecule has 0 aliphatic carbocycles. The number of sulfonamides is 1. The summed E-state index contributed by atoms with van der Waals surface area (Å²) < 4.78 is 28.4. The number of pyridine rings is 1. The molecule has 1 N–H and O–H groups in total. The number of aromatic nitrogens is 2. The molecule has 0 amide bonds. The molecule has 7 heteroatoms. The van der Waals surface area contributed by atoms with Crippen LogP contribution in [0.2, 0.25) is 5.02 Å². The van der Waals surface area contributed by atoms with Crippen LogP contribution in [0.25, 0.3) is 0 Å². The Labute approximate surface area is 110 Å². The Morgan fingerprint density at radius 2 is 2.22 bits per heavy atom. The van der Waals surface area contributed by atoms with E-state index < -0.39 is 10.0 Å². The van der Waals surface area contributed by atoms with E-state index in [0.717, 1.165) is 5.69 Å². The van der Waals surface area contributed by atoms with Gasteiger partial charge in [0.1, 0.15) is 4.90 Å². The van der Waals surface area contributed by atoms with Gasteiger partial charge in [0, 0.05) is 31.3 Å². The minimum absolute atomic E-state index is 0.0131. The molecule has 18 heavy (non-hydrogen) atoms. The molecule has 5 nitrogen and oxygen atoms in total. The summed E-state index contributed by atoms with van der Waals surface area (Å²) in [5.41, 5.74) is 0.860. The van der Waals surface area contributed by atoms with E-state index >= 15 is 0 Å². The van der Waals surface area contributed by atoms with Crippen LogP contribution in [0, 0.1) is 0 Å². The average Bonchev–Trinajstić information content (AvgIpc) is 2.73. The predicted octanol–water partition coefficient (Wildman–Crippen LogP) is 1.55. The Hall–Kier alpha value is -1.37. The van der Waals surface area contributed by atoms with Gasteiger partial charge < -0.3 is 4.57 Å². The zero-order valence-electron chi connectivity index (χ0n) is 9.67. The summed E-state index contributed by atoms with van der Waals surface area (Å²) in [6.45, 7) is 0.205. The Balaban J connectivity index is 2.19. The lowest BCUT2D eigenvalue weighted by atomic mass is 10.4. The molecule has 0 atom stereocenters. The van der Waals surface area contributed by atoms with Crippen LogP contribution < -0.4 is 4.72 Å². The Morgan fingerprint density at radius 3 is 2.83 bits per heavy atom. The van der Waals surface area contributed by atoms with Gasteiger partial charge in [0.25, 0.3) is 0 Å². The summed E-state index contributed by atoms with van der Waals surface area (Å²) in [7, 11) is -1.79. The molecular weight excluding hydrogens is 274 g/mol. The van der Waals surface area contributed by atoms with Gasteiger partial charge in [0.05, 0.1) is 11.6 Å². The standard InChI is InChI=1S/C11H12ClN3O2S/c1-15-6-2-3-9(15)7-14-18(16,17)11-8-13-5-4-10(11)12/h2-6,8,14H,7H2,1H3. The first kappa shape index (κ1) is 13.1. The zero-order chi connectivity index (χ0) is 13.2. The molecule has 96 valence electrons. The van der Waals surface area contributed by atoms with Crippen molar-refractivity contribution < 1.29 is 8.42 Å². The van der Waals surface area contributed by atoms with Gasteiger partial charge in [0.15, 0.2) is 0 Å². The molecule has 0 saturated carbocycles.